The predicted molar refractivity (Wildman–Crippen MR) is 138 cm³/mol. The number of halogens is 1. The van der Waals surface area contributed by atoms with E-state index in [0.29, 0.717) is 34.6 Å². The van der Waals surface area contributed by atoms with Crippen LogP contribution in [0, 0.1) is 12.8 Å². The minimum absolute atomic E-state index is 0.0461. The lowest BCUT2D eigenvalue weighted by atomic mass is 10.0. The summed E-state index contributed by atoms with van der Waals surface area (Å²) in [5.74, 6) is 1.58. The van der Waals surface area contributed by atoms with Crippen LogP contribution >= 0.6 is 23.4 Å². The molecule has 0 fully saturated rings. The van der Waals surface area contributed by atoms with Gasteiger partial charge < -0.3 is 5.32 Å². The lowest BCUT2D eigenvalue weighted by Crippen LogP contribution is -2.21. The van der Waals surface area contributed by atoms with Gasteiger partial charge in [-0.15, -0.1) is 10.2 Å². The summed E-state index contributed by atoms with van der Waals surface area (Å²) < 4.78 is 1.95. The Bertz CT molecular complexity index is 1140. The van der Waals surface area contributed by atoms with Crippen molar-refractivity contribution in [1.29, 1.82) is 0 Å². The Morgan fingerprint density at radius 3 is 2.50 bits per heavy atom. The number of benzene rings is 2. The van der Waals surface area contributed by atoms with Gasteiger partial charge in [-0.25, -0.2) is 0 Å². The Morgan fingerprint density at radius 1 is 1.12 bits per heavy atom. The summed E-state index contributed by atoms with van der Waals surface area (Å²) in [4.78, 5) is 24.0. The van der Waals surface area contributed by atoms with Crippen molar-refractivity contribution in [2.45, 2.75) is 52.1 Å². The standard InChI is InChI=1S/C26H31ClN4O2S/c1-17(2)14-20-8-10-21(11-9-20)24(33)16-34-26-30-29-25(6-5-13-28-19(4)32)31(26)22-12-7-18(3)23(27)15-22/h7-12,15,17H,5-6,13-14,16H2,1-4H3,(H,28,32). The molecule has 0 unspecified atom stereocenters. The Labute approximate surface area is 210 Å². The molecule has 1 heterocycles. The van der Waals surface area contributed by atoms with Gasteiger partial charge in [0.05, 0.1) is 11.4 Å². The molecule has 0 radical (unpaired) electrons. The van der Waals surface area contributed by atoms with Crippen LogP contribution in [0.1, 0.15) is 54.5 Å². The third-order valence-corrected chi connectivity index (χ3v) is 6.65. The van der Waals surface area contributed by atoms with Crippen LogP contribution in [-0.2, 0) is 17.6 Å². The zero-order valence-electron chi connectivity index (χ0n) is 20.1. The van der Waals surface area contributed by atoms with Crippen molar-refractivity contribution < 1.29 is 9.59 Å². The van der Waals surface area contributed by atoms with Gasteiger partial charge in [0.1, 0.15) is 5.82 Å². The second kappa shape index (κ2) is 12.2. The maximum atomic E-state index is 12.8. The number of amides is 1. The van der Waals surface area contributed by atoms with Gasteiger partial charge in [-0.3, -0.25) is 14.2 Å². The molecule has 0 aliphatic heterocycles. The molecule has 6 nitrogen and oxygen atoms in total. The lowest BCUT2D eigenvalue weighted by molar-refractivity contribution is -0.118. The van der Waals surface area contributed by atoms with Crippen LogP contribution in [0.5, 0.6) is 0 Å². The highest BCUT2D eigenvalue weighted by Crippen LogP contribution is 2.27. The highest BCUT2D eigenvalue weighted by Gasteiger charge is 2.17. The number of carbonyl (C=O) groups is 2. The Kier molecular flexibility index (Phi) is 9.30. The van der Waals surface area contributed by atoms with Crippen LogP contribution < -0.4 is 5.32 Å². The van der Waals surface area contributed by atoms with Crippen LogP contribution in [0.4, 0.5) is 0 Å². The first-order valence-corrected chi connectivity index (χ1v) is 12.8. The SMILES string of the molecule is CC(=O)NCCCc1nnc(SCC(=O)c2ccc(CC(C)C)cc2)n1-c1ccc(C)c(Cl)c1. The maximum Gasteiger partial charge on any atom is 0.216 e. The summed E-state index contributed by atoms with van der Waals surface area (Å²) in [7, 11) is 0. The second-order valence-corrected chi connectivity index (χ2v) is 10.1. The van der Waals surface area contributed by atoms with Crippen molar-refractivity contribution in [1.82, 2.24) is 20.1 Å². The number of nitrogens with one attached hydrogen (secondary N) is 1. The van der Waals surface area contributed by atoms with Crippen molar-refractivity contribution in [3.8, 4) is 5.69 Å². The third kappa shape index (κ3) is 7.18. The van der Waals surface area contributed by atoms with Crippen LogP contribution in [0.15, 0.2) is 47.6 Å². The Morgan fingerprint density at radius 2 is 1.85 bits per heavy atom. The number of Topliss-reactive ketones (excluding diaryl/α,β-unsaturated/α-hetero) is 1. The highest BCUT2D eigenvalue weighted by molar-refractivity contribution is 7.99. The normalized spacial score (nSPS) is 11.1. The molecule has 0 atom stereocenters. The van der Waals surface area contributed by atoms with E-state index in [9.17, 15) is 9.59 Å². The largest absolute Gasteiger partial charge is 0.356 e. The number of nitrogens with zero attached hydrogens (tertiary/aromatic N) is 3. The number of rotatable bonds is 11. The van der Waals surface area contributed by atoms with Crippen molar-refractivity contribution in [2.75, 3.05) is 12.3 Å². The number of carbonyl (C=O) groups excluding carboxylic acids is 2. The minimum atomic E-state index is -0.0567. The van der Waals surface area contributed by atoms with Crippen molar-refractivity contribution in [2.24, 2.45) is 5.92 Å². The first-order chi connectivity index (χ1) is 16.2. The average Bonchev–Trinajstić information content (AvgIpc) is 3.19. The van der Waals surface area contributed by atoms with Gasteiger partial charge in [0.15, 0.2) is 10.9 Å². The zero-order chi connectivity index (χ0) is 24.7. The third-order valence-electron chi connectivity index (χ3n) is 5.32. The molecule has 180 valence electrons. The van der Waals surface area contributed by atoms with E-state index in [2.05, 4.69) is 29.4 Å². The molecule has 0 aliphatic carbocycles. The first-order valence-electron chi connectivity index (χ1n) is 11.4. The molecule has 0 aliphatic rings. The van der Waals surface area contributed by atoms with E-state index in [1.54, 1.807) is 0 Å². The van der Waals surface area contributed by atoms with Gasteiger partial charge in [0.2, 0.25) is 5.91 Å². The quantitative estimate of drug-likeness (QED) is 0.215. The summed E-state index contributed by atoms with van der Waals surface area (Å²) in [5.41, 5.74) is 3.76. The van der Waals surface area contributed by atoms with Crippen LogP contribution in [0.3, 0.4) is 0 Å². The van der Waals surface area contributed by atoms with Gasteiger partial charge in [0.25, 0.3) is 0 Å². The summed E-state index contributed by atoms with van der Waals surface area (Å²) in [6.45, 7) is 8.38. The fraction of sp³-hybridized carbons (Fsp3) is 0.385. The molecule has 0 saturated heterocycles. The summed E-state index contributed by atoms with van der Waals surface area (Å²) in [6, 6.07) is 13.7. The van der Waals surface area contributed by atoms with Crippen molar-refractivity contribution in [3.63, 3.8) is 0 Å². The van der Waals surface area contributed by atoms with Crippen molar-refractivity contribution in [3.05, 3.63) is 70.0 Å². The number of hydrogen-bond acceptors (Lipinski definition) is 5. The number of hydrogen-bond donors (Lipinski definition) is 1. The first kappa shape index (κ1) is 26.0. The smallest absolute Gasteiger partial charge is 0.216 e. The van der Waals surface area contributed by atoms with Gasteiger partial charge in [-0.2, -0.15) is 0 Å². The monoisotopic (exact) mass is 498 g/mol. The summed E-state index contributed by atoms with van der Waals surface area (Å²) in [6.07, 6.45) is 2.35. The van der Waals surface area contributed by atoms with E-state index in [0.717, 1.165) is 29.9 Å². The number of aromatic nitrogens is 3. The molecule has 3 aromatic rings. The van der Waals surface area contributed by atoms with Crippen LogP contribution in [0.2, 0.25) is 5.02 Å². The molecule has 8 heteroatoms. The van der Waals surface area contributed by atoms with E-state index < -0.39 is 0 Å². The highest BCUT2D eigenvalue weighted by atomic mass is 35.5. The molecule has 0 spiro atoms. The maximum absolute atomic E-state index is 12.8. The van der Waals surface area contributed by atoms with E-state index in [4.69, 9.17) is 11.6 Å². The van der Waals surface area contributed by atoms with Gasteiger partial charge in [-0.1, -0.05) is 67.5 Å². The number of thioether (sulfide) groups is 1. The lowest BCUT2D eigenvalue weighted by Gasteiger charge is -2.12. The molecule has 3 rings (SSSR count). The van der Waals surface area contributed by atoms with E-state index in [1.807, 2.05) is 54.0 Å². The summed E-state index contributed by atoms with van der Waals surface area (Å²) in [5, 5.41) is 12.8. The van der Waals surface area contributed by atoms with Gasteiger partial charge in [0, 0.05) is 30.5 Å². The molecule has 0 saturated carbocycles. The molecule has 0 bridgehead atoms. The van der Waals surface area contributed by atoms with Gasteiger partial charge in [-0.05, 0) is 48.9 Å². The van der Waals surface area contributed by atoms with E-state index in [-0.39, 0.29) is 17.4 Å². The predicted octanol–water partition coefficient (Wildman–Crippen LogP) is 5.47. The Hall–Kier alpha value is -2.64. The average molecular weight is 499 g/mol. The molecule has 2 aromatic carbocycles. The Balaban J connectivity index is 1.76. The number of aryl methyl sites for hydroxylation is 2. The van der Waals surface area contributed by atoms with Crippen LogP contribution in [0.25, 0.3) is 5.69 Å². The van der Waals surface area contributed by atoms with E-state index >= 15 is 0 Å². The topological polar surface area (TPSA) is 76.9 Å². The molecular formula is C26H31ClN4O2S. The molecule has 34 heavy (non-hydrogen) atoms. The van der Waals surface area contributed by atoms with Crippen LogP contribution in [-0.4, -0.2) is 38.8 Å². The number of ketones is 1. The minimum Gasteiger partial charge on any atom is -0.356 e. The van der Waals surface area contributed by atoms with Crippen molar-refractivity contribution >= 4 is 35.1 Å². The molecular weight excluding hydrogens is 468 g/mol. The molecule has 1 aromatic heterocycles. The molecule has 1 N–H and O–H groups in total. The second-order valence-electron chi connectivity index (χ2n) is 8.76. The molecule has 1 amide bonds. The van der Waals surface area contributed by atoms with E-state index in [1.165, 1.54) is 24.2 Å². The summed E-state index contributed by atoms with van der Waals surface area (Å²) >= 11 is 7.75. The fourth-order valence-corrected chi connectivity index (χ4v) is 4.60. The fourth-order valence-electron chi connectivity index (χ4n) is 3.56. The van der Waals surface area contributed by atoms with Gasteiger partial charge >= 0.3 is 0 Å². The zero-order valence-corrected chi connectivity index (χ0v) is 21.7.